The number of carbonyl (C=O) groups excluding carboxylic acids is 2. The molecule has 0 aromatic heterocycles. The molecule has 0 unspecified atom stereocenters. The van der Waals surface area contributed by atoms with Gasteiger partial charge >= 0.3 is 0 Å². The zero-order valence-electron chi connectivity index (χ0n) is 5.70. The van der Waals surface area contributed by atoms with E-state index < -0.39 is 0 Å². The van der Waals surface area contributed by atoms with Crippen LogP contribution in [0.3, 0.4) is 0 Å². The van der Waals surface area contributed by atoms with E-state index in [2.05, 4.69) is 0 Å². The van der Waals surface area contributed by atoms with Crippen LogP contribution in [0.2, 0.25) is 0 Å². The van der Waals surface area contributed by atoms with Gasteiger partial charge < -0.3 is 5.73 Å². The Morgan fingerprint density at radius 3 is 2.36 bits per heavy atom. The van der Waals surface area contributed by atoms with Gasteiger partial charge in [0.15, 0.2) is 12.6 Å². The SMILES string of the molecule is [NH]c1cccc(C=O)c1C=O. The van der Waals surface area contributed by atoms with E-state index in [1.807, 2.05) is 0 Å². The summed E-state index contributed by atoms with van der Waals surface area (Å²) in [6, 6.07) is 4.55. The molecule has 0 aliphatic heterocycles. The van der Waals surface area contributed by atoms with Crippen molar-refractivity contribution in [2.75, 3.05) is 0 Å². The third-order valence-electron chi connectivity index (χ3n) is 1.38. The second-order valence-electron chi connectivity index (χ2n) is 2.04. The van der Waals surface area contributed by atoms with E-state index in [1.54, 1.807) is 6.07 Å². The van der Waals surface area contributed by atoms with E-state index in [0.29, 0.717) is 12.6 Å². The average Bonchev–Trinajstić information content (AvgIpc) is 2.04. The van der Waals surface area contributed by atoms with Gasteiger partial charge in [0.05, 0.1) is 5.69 Å². The quantitative estimate of drug-likeness (QED) is 0.592. The first kappa shape index (κ1) is 7.47. The number of hydrogen-bond acceptors (Lipinski definition) is 2. The van der Waals surface area contributed by atoms with Crippen LogP contribution in [0.5, 0.6) is 0 Å². The highest BCUT2D eigenvalue weighted by molar-refractivity contribution is 5.94. The summed E-state index contributed by atoms with van der Waals surface area (Å²) in [4.78, 5) is 20.6. The first-order chi connectivity index (χ1) is 5.29. The van der Waals surface area contributed by atoms with E-state index in [4.69, 9.17) is 5.73 Å². The van der Waals surface area contributed by atoms with E-state index in [0.717, 1.165) is 0 Å². The Morgan fingerprint density at radius 2 is 1.91 bits per heavy atom. The van der Waals surface area contributed by atoms with Crippen molar-refractivity contribution in [3.05, 3.63) is 29.3 Å². The van der Waals surface area contributed by atoms with E-state index in [1.165, 1.54) is 12.1 Å². The minimum absolute atomic E-state index is 0.0876. The molecule has 1 aromatic rings. The van der Waals surface area contributed by atoms with Gasteiger partial charge in [-0.05, 0) is 6.07 Å². The number of aldehydes is 2. The second kappa shape index (κ2) is 2.96. The molecule has 1 radical (unpaired) electrons. The molecule has 3 heteroatoms. The molecule has 0 saturated carbocycles. The number of carbonyl (C=O) groups is 2. The fourth-order valence-electron chi connectivity index (χ4n) is 0.817. The van der Waals surface area contributed by atoms with Crippen LogP contribution in [-0.4, -0.2) is 12.6 Å². The molecule has 0 fully saturated rings. The molecular weight excluding hydrogens is 142 g/mol. The van der Waals surface area contributed by atoms with Crippen LogP contribution in [0.15, 0.2) is 18.2 Å². The minimum atomic E-state index is 0.0876. The Morgan fingerprint density at radius 1 is 1.18 bits per heavy atom. The lowest BCUT2D eigenvalue weighted by Crippen LogP contribution is -1.91. The molecular formula is C8H6NO2. The van der Waals surface area contributed by atoms with Gasteiger partial charge in [-0.15, -0.1) is 0 Å². The van der Waals surface area contributed by atoms with Crippen molar-refractivity contribution in [3.63, 3.8) is 0 Å². The lowest BCUT2D eigenvalue weighted by molar-refractivity contribution is 0.109. The van der Waals surface area contributed by atoms with Gasteiger partial charge in [-0.3, -0.25) is 9.59 Å². The van der Waals surface area contributed by atoms with E-state index >= 15 is 0 Å². The maximum Gasteiger partial charge on any atom is 0.152 e. The molecule has 1 rings (SSSR count). The fourth-order valence-corrected chi connectivity index (χ4v) is 0.817. The first-order valence-electron chi connectivity index (χ1n) is 3.04. The molecule has 1 N–H and O–H groups in total. The van der Waals surface area contributed by atoms with Gasteiger partial charge in [-0.1, -0.05) is 12.1 Å². The topological polar surface area (TPSA) is 57.9 Å². The lowest BCUT2D eigenvalue weighted by atomic mass is 10.1. The minimum Gasteiger partial charge on any atom is -0.300 e. The molecule has 0 atom stereocenters. The van der Waals surface area contributed by atoms with Gasteiger partial charge in [-0.25, -0.2) is 0 Å². The zero-order chi connectivity index (χ0) is 8.27. The van der Waals surface area contributed by atoms with Crippen molar-refractivity contribution in [2.45, 2.75) is 0 Å². The number of benzene rings is 1. The van der Waals surface area contributed by atoms with Crippen LogP contribution < -0.4 is 5.73 Å². The molecule has 0 heterocycles. The number of nitrogens with one attached hydrogen (secondary N) is 1. The highest BCUT2D eigenvalue weighted by atomic mass is 16.1. The summed E-state index contributed by atoms with van der Waals surface area (Å²) in [5.74, 6) is 0. The summed E-state index contributed by atoms with van der Waals surface area (Å²) in [6.07, 6.45) is 1.09. The normalized spacial score (nSPS) is 9.09. The van der Waals surface area contributed by atoms with E-state index in [-0.39, 0.29) is 16.8 Å². The van der Waals surface area contributed by atoms with Crippen molar-refractivity contribution in [3.8, 4) is 0 Å². The largest absolute Gasteiger partial charge is 0.300 e. The molecule has 0 aliphatic rings. The highest BCUT2D eigenvalue weighted by Crippen LogP contribution is 2.13. The Labute approximate surface area is 63.8 Å². The summed E-state index contributed by atoms with van der Waals surface area (Å²) in [5, 5.41) is 0. The number of hydrogen-bond donors (Lipinski definition) is 0. The predicted octanol–water partition coefficient (Wildman–Crippen LogP) is 1.23. The van der Waals surface area contributed by atoms with Crippen molar-refractivity contribution in [2.24, 2.45) is 0 Å². The Bertz CT molecular complexity index is 294. The lowest BCUT2D eigenvalue weighted by Gasteiger charge is -1.97. The monoisotopic (exact) mass is 148 g/mol. The average molecular weight is 148 g/mol. The summed E-state index contributed by atoms with van der Waals surface area (Å²) in [6.45, 7) is 0. The Balaban J connectivity index is 3.35. The smallest absolute Gasteiger partial charge is 0.152 e. The van der Waals surface area contributed by atoms with Crippen LogP contribution in [0, 0.1) is 0 Å². The molecule has 11 heavy (non-hydrogen) atoms. The van der Waals surface area contributed by atoms with Crippen molar-refractivity contribution < 1.29 is 9.59 Å². The maximum absolute atomic E-state index is 10.3. The molecule has 55 valence electrons. The standard InChI is InChI=1S/C8H6NO2/c9-8-3-1-2-6(4-10)7(8)5-11/h1-5,9H. The van der Waals surface area contributed by atoms with Gasteiger partial charge in [0.25, 0.3) is 0 Å². The van der Waals surface area contributed by atoms with Crippen LogP contribution in [0.25, 0.3) is 0 Å². The summed E-state index contributed by atoms with van der Waals surface area (Å²) < 4.78 is 0. The maximum atomic E-state index is 10.3. The van der Waals surface area contributed by atoms with Crippen LogP contribution in [-0.2, 0) is 0 Å². The van der Waals surface area contributed by atoms with Crippen LogP contribution in [0.4, 0.5) is 5.69 Å². The summed E-state index contributed by atoms with van der Waals surface area (Å²) in [5.41, 5.74) is 7.74. The van der Waals surface area contributed by atoms with Crippen LogP contribution >= 0.6 is 0 Å². The van der Waals surface area contributed by atoms with Crippen molar-refractivity contribution >= 4 is 18.3 Å². The molecule has 1 aromatic carbocycles. The fraction of sp³-hybridized carbons (Fsp3) is 0. The number of rotatable bonds is 2. The Hall–Kier alpha value is -1.64. The summed E-state index contributed by atoms with van der Waals surface area (Å²) in [7, 11) is 0. The van der Waals surface area contributed by atoms with Gasteiger partial charge in [0, 0.05) is 11.1 Å². The van der Waals surface area contributed by atoms with E-state index in [9.17, 15) is 9.59 Å². The highest BCUT2D eigenvalue weighted by Gasteiger charge is 2.02. The zero-order valence-corrected chi connectivity index (χ0v) is 5.70. The molecule has 0 bridgehead atoms. The van der Waals surface area contributed by atoms with Crippen molar-refractivity contribution in [1.82, 2.24) is 5.73 Å². The second-order valence-corrected chi connectivity index (χ2v) is 2.04. The molecule has 0 amide bonds. The van der Waals surface area contributed by atoms with Gasteiger partial charge in [0.2, 0.25) is 0 Å². The third-order valence-corrected chi connectivity index (χ3v) is 1.38. The molecule has 0 saturated heterocycles. The Kier molecular flexibility index (Phi) is 2.01. The summed E-state index contributed by atoms with van der Waals surface area (Å²) >= 11 is 0. The van der Waals surface area contributed by atoms with Gasteiger partial charge in [-0.2, -0.15) is 0 Å². The third kappa shape index (κ3) is 1.26. The molecule has 0 spiro atoms. The molecule has 3 nitrogen and oxygen atoms in total. The molecule has 0 aliphatic carbocycles. The first-order valence-corrected chi connectivity index (χ1v) is 3.04. The van der Waals surface area contributed by atoms with Crippen LogP contribution in [0.1, 0.15) is 20.7 Å². The van der Waals surface area contributed by atoms with Gasteiger partial charge in [0.1, 0.15) is 0 Å². The van der Waals surface area contributed by atoms with Crippen molar-refractivity contribution in [1.29, 1.82) is 0 Å². The predicted molar refractivity (Wildman–Crippen MR) is 40.0 cm³/mol.